The maximum atomic E-state index is 12.3. The number of ether oxygens (including phenoxy) is 1. The van der Waals surface area contributed by atoms with Crippen LogP contribution in [0.3, 0.4) is 0 Å². The highest BCUT2D eigenvalue weighted by Gasteiger charge is 2.23. The van der Waals surface area contributed by atoms with Crippen molar-refractivity contribution in [1.29, 1.82) is 0 Å². The van der Waals surface area contributed by atoms with Crippen molar-refractivity contribution < 1.29 is 17.9 Å². The predicted octanol–water partition coefficient (Wildman–Crippen LogP) is 0.848. The molecule has 1 atom stereocenters. The molecule has 7 heteroatoms. The molecule has 0 radical (unpaired) electrons. The minimum absolute atomic E-state index is 0.115. The highest BCUT2D eigenvalue weighted by atomic mass is 32.2. The molecule has 0 unspecified atom stereocenters. The minimum atomic E-state index is -3.65. The van der Waals surface area contributed by atoms with Gasteiger partial charge in [0.2, 0.25) is 15.9 Å². The average molecular weight is 314 g/mol. The van der Waals surface area contributed by atoms with Gasteiger partial charge in [-0.05, 0) is 18.6 Å². The van der Waals surface area contributed by atoms with Crippen LogP contribution in [0.2, 0.25) is 0 Å². The van der Waals surface area contributed by atoms with Gasteiger partial charge in [-0.25, -0.2) is 8.42 Å². The number of hydrogen-bond donors (Lipinski definition) is 1. The highest BCUT2D eigenvalue weighted by molar-refractivity contribution is 7.89. The lowest BCUT2D eigenvalue weighted by Crippen LogP contribution is -2.44. The fourth-order valence-electron chi connectivity index (χ4n) is 1.80. The van der Waals surface area contributed by atoms with Gasteiger partial charge >= 0.3 is 0 Å². The Labute approximate surface area is 126 Å². The molecule has 0 fully saturated rings. The first-order valence-electron chi connectivity index (χ1n) is 6.71. The normalized spacial score (nSPS) is 13.1. The van der Waals surface area contributed by atoms with E-state index in [0.29, 0.717) is 13.0 Å². The molecule has 0 aliphatic carbocycles. The summed E-state index contributed by atoms with van der Waals surface area (Å²) in [6, 6.07) is 7.92. The van der Waals surface area contributed by atoms with Gasteiger partial charge in [0, 0.05) is 14.2 Å². The first kappa shape index (κ1) is 17.6. The van der Waals surface area contributed by atoms with E-state index >= 15 is 0 Å². The summed E-state index contributed by atoms with van der Waals surface area (Å²) in [6.45, 7) is 2.10. The lowest BCUT2D eigenvalue weighted by atomic mass is 10.2. The largest absolute Gasteiger partial charge is 0.383 e. The molecule has 21 heavy (non-hydrogen) atoms. The van der Waals surface area contributed by atoms with Crippen molar-refractivity contribution in [2.24, 2.45) is 0 Å². The monoisotopic (exact) mass is 314 g/mol. The van der Waals surface area contributed by atoms with Crippen LogP contribution in [0, 0.1) is 0 Å². The van der Waals surface area contributed by atoms with Gasteiger partial charge in [-0.1, -0.05) is 25.1 Å². The van der Waals surface area contributed by atoms with Crippen molar-refractivity contribution >= 4 is 15.9 Å². The molecule has 0 saturated heterocycles. The topological polar surface area (TPSA) is 75.7 Å². The van der Waals surface area contributed by atoms with E-state index < -0.39 is 10.0 Å². The smallest absolute Gasteiger partial charge is 0.243 e. The number of rotatable bonds is 8. The number of hydrogen-bond acceptors (Lipinski definition) is 4. The van der Waals surface area contributed by atoms with Crippen LogP contribution < -0.4 is 5.32 Å². The van der Waals surface area contributed by atoms with Crippen LogP contribution in [-0.2, 0) is 19.6 Å². The van der Waals surface area contributed by atoms with Crippen LogP contribution in [0.15, 0.2) is 35.2 Å². The van der Waals surface area contributed by atoms with Crippen LogP contribution in [0.1, 0.15) is 13.3 Å². The van der Waals surface area contributed by atoms with Crippen molar-refractivity contribution in [3.63, 3.8) is 0 Å². The van der Waals surface area contributed by atoms with Gasteiger partial charge in [-0.2, -0.15) is 4.31 Å². The maximum absolute atomic E-state index is 12.3. The minimum Gasteiger partial charge on any atom is -0.383 e. The summed E-state index contributed by atoms with van der Waals surface area (Å²) in [5.74, 6) is -0.346. The molecule has 0 aromatic heterocycles. The van der Waals surface area contributed by atoms with Gasteiger partial charge in [-0.3, -0.25) is 4.79 Å². The van der Waals surface area contributed by atoms with E-state index in [1.165, 1.54) is 19.2 Å². The zero-order valence-corrected chi connectivity index (χ0v) is 13.4. The zero-order valence-electron chi connectivity index (χ0n) is 12.6. The summed E-state index contributed by atoms with van der Waals surface area (Å²) in [5.41, 5.74) is 0. The second-order valence-corrected chi connectivity index (χ2v) is 6.75. The predicted molar refractivity (Wildman–Crippen MR) is 80.4 cm³/mol. The van der Waals surface area contributed by atoms with E-state index in [2.05, 4.69) is 5.32 Å². The van der Waals surface area contributed by atoms with Crippen molar-refractivity contribution in [2.45, 2.75) is 24.3 Å². The Kier molecular flexibility index (Phi) is 6.80. The number of carbonyl (C=O) groups excluding carboxylic acids is 1. The number of benzene rings is 1. The Bertz CT molecular complexity index is 545. The molecular weight excluding hydrogens is 292 g/mol. The molecule has 0 aliphatic heterocycles. The third-order valence-electron chi connectivity index (χ3n) is 3.04. The first-order chi connectivity index (χ1) is 9.91. The van der Waals surface area contributed by atoms with Gasteiger partial charge in [0.15, 0.2) is 0 Å². The van der Waals surface area contributed by atoms with Crippen molar-refractivity contribution in [3.8, 4) is 0 Å². The first-order valence-corrected chi connectivity index (χ1v) is 8.15. The van der Waals surface area contributed by atoms with E-state index in [-0.39, 0.29) is 23.4 Å². The van der Waals surface area contributed by atoms with Crippen molar-refractivity contribution in [2.75, 3.05) is 27.3 Å². The second kappa shape index (κ2) is 8.11. The molecule has 6 nitrogen and oxygen atoms in total. The average Bonchev–Trinajstić information content (AvgIpc) is 2.47. The van der Waals surface area contributed by atoms with Crippen LogP contribution >= 0.6 is 0 Å². The summed E-state index contributed by atoms with van der Waals surface area (Å²) in [7, 11) is -0.703. The molecular formula is C14H22N2O4S. The van der Waals surface area contributed by atoms with E-state index in [9.17, 15) is 13.2 Å². The van der Waals surface area contributed by atoms with Crippen LogP contribution in [0.4, 0.5) is 0 Å². The third kappa shape index (κ3) is 5.11. The number of sulfonamides is 1. The fourth-order valence-corrected chi connectivity index (χ4v) is 2.94. The number of methoxy groups -OCH3 is 1. The molecule has 1 rings (SSSR count). The molecule has 0 saturated carbocycles. The molecule has 0 heterocycles. The lowest BCUT2D eigenvalue weighted by molar-refractivity contribution is -0.122. The van der Waals surface area contributed by atoms with Crippen LogP contribution in [0.5, 0.6) is 0 Å². The molecule has 1 N–H and O–H groups in total. The molecule has 1 aromatic rings. The summed E-state index contributed by atoms with van der Waals surface area (Å²) in [6.07, 6.45) is 0.717. The summed E-state index contributed by atoms with van der Waals surface area (Å²) < 4.78 is 30.6. The lowest BCUT2D eigenvalue weighted by Gasteiger charge is -2.20. The molecule has 1 amide bonds. The summed E-state index contributed by atoms with van der Waals surface area (Å²) >= 11 is 0. The standard InChI is InChI=1S/C14H22N2O4S/c1-4-12(11-20-3)15-14(17)10-16(2)21(18,19)13-8-6-5-7-9-13/h5-9,12H,4,10-11H2,1-3H3,(H,15,17)/t12-/m1/s1. The van der Waals surface area contributed by atoms with Gasteiger partial charge in [-0.15, -0.1) is 0 Å². The van der Waals surface area contributed by atoms with E-state index in [0.717, 1.165) is 4.31 Å². The van der Waals surface area contributed by atoms with Gasteiger partial charge in [0.05, 0.1) is 24.1 Å². The molecule has 0 bridgehead atoms. The zero-order chi connectivity index (χ0) is 15.9. The number of nitrogens with zero attached hydrogens (tertiary/aromatic N) is 1. The van der Waals surface area contributed by atoms with E-state index in [1.807, 2.05) is 6.92 Å². The van der Waals surface area contributed by atoms with Gasteiger partial charge < -0.3 is 10.1 Å². The molecule has 0 aliphatic rings. The number of likely N-dealkylation sites (N-methyl/N-ethyl adjacent to an activating group) is 1. The maximum Gasteiger partial charge on any atom is 0.243 e. The quantitative estimate of drug-likeness (QED) is 0.772. The van der Waals surface area contributed by atoms with Gasteiger partial charge in [0.1, 0.15) is 0 Å². The van der Waals surface area contributed by atoms with Crippen molar-refractivity contribution in [3.05, 3.63) is 30.3 Å². The van der Waals surface area contributed by atoms with E-state index in [4.69, 9.17) is 4.74 Å². The van der Waals surface area contributed by atoms with Gasteiger partial charge in [0.25, 0.3) is 0 Å². The third-order valence-corrected chi connectivity index (χ3v) is 4.86. The fraction of sp³-hybridized carbons (Fsp3) is 0.500. The second-order valence-electron chi connectivity index (χ2n) is 4.70. The summed E-state index contributed by atoms with van der Waals surface area (Å²) in [4.78, 5) is 12.1. The Balaban J connectivity index is 2.68. The van der Waals surface area contributed by atoms with E-state index in [1.54, 1.807) is 25.3 Å². The Morgan fingerprint density at radius 1 is 1.33 bits per heavy atom. The summed E-state index contributed by atoms with van der Waals surface area (Å²) in [5, 5.41) is 2.75. The molecule has 1 aromatic carbocycles. The number of nitrogens with one attached hydrogen (secondary N) is 1. The molecule has 0 spiro atoms. The SMILES string of the molecule is CC[C@H](COC)NC(=O)CN(C)S(=O)(=O)c1ccccc1. The van der Waals surface area contributed by atoms with Crippen LogP contribution in [0.25, 0.3) is 0 Å². The Morgan fingerprint density at radius 3 is 2.48 bits per heavy atom. The number of carbonyl (C=O) groups is 1. The van der Waals surface area contributed by atoms with Crippen LogP contribution in [-0.4, -0.2) is 52.0 Å². The highest BCUT2D eigenvalue weighted by Crippen LogP contribution is 2.12. The Hall–Kier alpha value is -1.44. The molecule has 118 valence electrons. The Morgan fingerprint density at radius 2 is 1.95 bits per heavy atom. The van der Waals surface area contributed by atoms with Crippen molar-refractivity contribution in [1.82, 2.24) is 9.62 Å². The number of amides is 1.